The molecule has 182 valence electrons. The number of nitrogens with one attached hydrogen (secondary N) is 1. The second kappa shape index (κ2) is 9.67. The van der Waals surface area contributed by atoms with Gasteiger partial charge in [-0.3, -0.25) is 15.1 Å². The van der Waals surface area contributed by atoms with Gasteiger partial charge in [-0.2, -0.15) is 0 Å². The summed E-state index contributed by atoms with van der Waals surface area (Å²) < 4.78 is 5.34. The molecule has 6 heteroatoms. The van der Waals surface area contributed by atoms with E-state index in [9.17, 15) is 15.3 Å². The molecule has 1 unspecified atom stereocenters. The van der Waals surface area contributed by atoms with Crippen LogP contribution in [0.3, 0.4) is 0 Å². The van der Waals surface area contributed by atoms with Gasteiger partial charge in [0.15, 0.2) is 5.78 Å². The third-order valence-electron chi connectivity index (χ3n) is 6.85. The normalized spacial score (nSPS) is 19.3. The zero-order valence-corrected chi connectivity index (χ0v) is 21.0. The minimum atomic E-state index is -0.581. The van der Waals surface area contributed by atoms with E-state index in [1.165, 1.54) is 0 Å². The summed E-state index contributed by atoms with van der Waals surface area (Å²) in [4.78, 5) is 15.3. The van der Waals surface area contributed by atoms with E-state index in [1.54, 1.807) is 24.1 Å². The minimum Gasteiger partial charge on any atom is -0.507 e. The van der Waals surface area contributed by atoms with Crippen LogP contribution in [0.2, 0.25) is 5.02 Å². The van der Waals surface area contributed by atoms with E-state index in [0.717, 1.165) is 16.8 Å². The van der Waals surface area contributed by atoms with Crippen LogP contribution in [0.15, 0.2) is 89.6 Å². The third-order valence-corrected chi connectivity index (χ3v) is 7.09. The summed E-state index contributed by atoms with van der Waals surface area (Å²) in [6.45, 7) is 1.98. The molecule has 5 nitrogen and oxygen atoms in total. The van der Waals surface area contributed by atoms with Crippen molar-refractivity contribution >= 4 is 34.7 Å². The highest BCUT2D eigenvalue weighted by molar-refractivity contribution is 6.31. The first-order chi connectivity index (χ1) is 17.4. The fraction of sp³-hybridized carbons (Fsp3) is 0.200. The van der Waals surface area contributed by atoms with Gasteiger partial charge < -0.3 is 9.84 Å². The zero-order chi connectivity index (χ0) is 25.4. The number of Topliss-reactive ketones (excluding diaryl/α,β-unsaturated/α-hetero) is 1. The van der Waals surface area contributed by atoms with Crippen molar-refractivity contribution in [3.05, 3.63) is 111 Å². The maximum Gasteiger partial charge on any atom is 0.161 e. The van der Waals surface area contributed by atoms with Crippen LogP contribution in [0.5, 0.6) is 5.75 Å². The Bertz CT molecular complexity index is 1400. The minimum absolute atomic E-state index is 0.0160. The highest BCUT2D eigenvalue weighted by Gasteiger charge is 2.43. The number of methoxy groups -OCH3 is 1. The van der Waals surface area contributed by atoms with Crippen LogP contribution in [-0.4, -0.2) is 23.8 Å². The molecule has 0 radical (unpaired) electrons. The van der Waals surface area contributed by atoms with Gasteiger partial charge in [-0.05, 0) is 55.7 Å². The Morgan fingerprint density at radius 1 is 1.06 bits per heavy atom. The molecule has 1 atom stereocenters. The van der Waals surface area contributed by atoms with Gasteiger partial charge in [0.05, 0.1) is 7.11 Å². The molecular weight excluding hydrogens is 472 g/mol. The molecule has 1 aliphatic heterocycles. The molecule has 3 aromatic carbocycles. The van der Waals surface area contributed by atoms with E-state index in [-0.39, 0.29) is 17.4 Å². The Morgan fingerprint density at radius 3 is 2.44 bits per heavy atom. The molecular formula is C30H27ClN2O3. The number of halogens is 1. The lowest BCUT2D eigenvalue weighted by molar-refractivity contribution is -0.116. The second-order valence-corrected chi connectivity index (χ2v) is 9.57. The van der Waals surface area contributed by atoms with E-state index in [2.05, 4.69) is 0 Å². The summed E-state index contributed by atoms with van der Waals surface area (Å²) in [5, 5.41) is 21.6. The van der Waals surface area contributed by atoms with Gasteiger partial charge in [-0.1, -0.05) is 59.6 Å². The summed E-state index contributed by atoms with van der Waals surface area (Å²) in [7, 11) is 1.61. The van der Waals surface area contributed by atoms with Crippen molar-refractivity contribution in [3.8, 4) is 5.75 Å². The number of carbonyl (C=O) groups is 1. The topological polar surface area (TPSA) is 73.6 Å². The third kappa shape index (κ3) is 4.20. The summed E-state index contributed by atoms with van der Waals surface area (Å²) >= 11 is 6.32. The summed E-state index contributed by atoms with van der Waals surface area (Å²) in [5.41, 5.74) is 4.97. The Kier molecular flexibility index (Phi) is 6.42. The summed E-state index contributed by atoms with van der Waals surface area (Å²) in [6.07, 6.45) is 1.79. The van der Waals surface area contributed by atoms with Crippen molar-refractivity contribution in [2.75, 3.05) is 12.0 Å². The molecule has 0 spiro atoms. The van der Waals surface area contributed by atoms with Crippen LogP contribution >= 0.6 is 11.6 Å². The number of aryl methyl sites for hydroxylation is 1. The molecule has 0 saturated carbocycles. The Morgan fingerprint density at radius 2 is 1.78 bits per heavy atom. The molecule has 0 fully saturated rings. The lowest BCUT2D eigenvalue weighted by Crippen LogP contribution is -2.42. The van der Waals surface area contributed by atoms with E-state index >= 15 is 0 Å². The zero-order valence-electron chi connectivity index (χ0n) is 20.2. The van der Waals surface area contributed by atoms with Crippen molar-refractivity contribution in [2.45, 2.75) is 32.1 Å². The molecule has 0 saturated heterocycles. The highest BCUT2D eigenvalue weighted by Crippen LogP contribution is 2.48. The predicted molar refractivity (Wildman–Crippen MR) is 144 cm³/mol. The number of aliphatic hydroxyl groups is 1. The molecule has 5 rings (SSSR count). The average molecular weight is 499 g/mol. The smallest absolute Gasteiger partial charge is 0.161 e. The summed E-state index contributed by atoms with van der Waals surface area (Å²) in [6, 6.07) is 22.3. The maximum atomic E-state index is 13.5. The largest absolute Gasteiger partial charge is 0.507 e. The highest BCUT2D eigenvalue weighted by atomic mass is 35.5. The van der Waals surface area contributed by atoms with E-state index in [4.69, 9.17) is 16.3 Å². The van der Waals surface area contributed by atoms with Crippen LogP contribution in [0.25, 0.3) is 5.76 Å². The van der Waals surface area contributed by atoms with Crippen LogP contribution in [0.4, 0.5) is 5.69 Å². The number of hydrogen-bond donors (Lipinski definition) is 2. The monoisotopic (exact) mass is 498 g/mol. The number of allylic oxidation sites excluding steroid dienone is 2. The molecule has 1 aliphatic carbocycles. The number of ether oxygens (including phenoxy) is 1. The maximum absolute atomic E-state index is 13.5. The number of rotatable bonds is 4. The Labute approximate surface area is 215 Å². The number of aliphatic hydroxyl groups excluding tert-OH is 1. The van der Waals surface area contributed by atoms with Gasteiger partial charge in [-0.15, -0.1) is 0 Å². The van der Waals surface area contributed by atoms with Crippen molar-refractivity contribution in [1.82, 2.24) is 0 Å². The molecule has 2 N–H and O–H groups in total. The van der Waals surface area contributed by atoms with Crippen LogP contribution in [0, 0.1) is 12.3 Å². The molecule has 2 aliphatic rings. The number of benzene rings is 3. The van der Waals surface area contributed by atoms with E-state index < -0.39 is 5.92 Å². The number of carbonyl (C=O) groups excluding carboxylic acids is 1. The fourth-order valence-electron chi connectivity index (χ4n) is 5.09. The Hall–Kier alpha value is -3.83. The second-order valence-electron chi connectivity index (χ2n) is 9.14. The Balaban J connectivity index is 1.81. The number of hydrogen-bond acceptors (Lipinski definition) is 4. The van der Waals surface area contributed by atoms with Crippen LogP contribution in [-0.2, 0) is 4.79 Å². The fourth-order valence-corrected chi connectivity index (χ4v) is 5.27. The van der Waals surface area contributed by atoms with Gasteiger partial charge >= 0.3 is 0 Å². The first-order valence-corrected chi connectivity index (χ1v) is 12.3. The van der Waals surface area contributed by atoms with E-state index in [0.29, 0.717) is 52.4 Å². The summed E-state index contributed by atoms with van der Waals surface area (Å²) in [5.74, 6) is 0.263. The number of nitrogens with zero attached hydrogens (tertiary/aromatic N) is 1. The average Bonchev–Trinajstić information content (AvgIpc) is 2.88. The molecule has 0 amide bonds. The van der Waals surface area contributed by atoms with Crippen LogP contribution < -0.4 is 9.64 Å². The molecule has 0 bridgehead atoms. The lowest BCUT2D eigenvalue weighted by Gasteiger charge is -2.41. The molecule has 1 heterocycles. The van der Waals surface area contributed by atoms with Crippen molar-refractivity contribution in [1.29, 1.82) is 5.41 Å². The van der Waals surface area contributed by atoms with Gasteiger partial charge in [0.25, 0.3) is 0 Å². The van der Waals surface area contributed by atoms with Crippen molar-refractivity contribution in [2.24, 2.45) is 0 Å². The standard InChI is InChI=1S/C30H27ClN2O3/c1-18-9-11-20(12-10-18)29(35)28-26(19-13-15-23(36-2)16-14-19)27-24(7-4-8-25(27)34)33(30(28)32)22-6-3-5-21(31)17-22/h3,5-6,9-17,26,32,35H,4,7-8H2,1-2H3. The number of amidine groups is 1. The predicted octanol–water partition coefficient (Wildman–Crippen LogP) is 7.21. The number of anilines is 1. The quantitative estimate of drug-likeness (QED) is 0.372. The van der Waals surface area contributed by atoms with Gasteiger partial charge in [0.2, 0.25) is 0 Å². The molecule has 0 aromatic heterocycles. The van der Waals surface area contributed by atoms with E-state index in [1.807, 2.05) is 67.6 Å². The van der Waals surface area contributed by atoms with Gasteiger partial charge in [0.1, 0.15) is 17.3 Å². The molecule has 3 aromatic rings. The lowest BCUT2D eigenvalue weighted by atomic mass is 9.73. The van der Waals surface area contributed by atoms with Gasteiger partial charge in [0, 0.05) is 45.5 Å². The van der Waals surface area contributed by atoms with Crippen molar-refractivity contribution in [3.63, 3.8) is 0 Å². The molecule has 36 heavy (non-hydrogen) atoms. The number of ketones is 1. The van der Waals surface area contributed by atoms with Crippen molar-refractivity contribution < 1.29 is 14.6 Å². The van der Waals surface area contributed by atoms with Crippen LogP contribution in [0.1, 0.15) is 41.9 Å². The van der Waals surface area contributed by atoms with Gasteiger partial charge in [-0.25, -0.2) is 0 Å². The SMILES string of the molecule is COc1ccc(C2C(=C(O)c3ccc(C)cc3)C(=N)N(c3cccc(Cl)c3)C3=C2C(=O)CCC3)cc1. The first-order valence-electron chi connectivity index (χ1n) is 11.9. The first kappa shape index (κ1) is 23.9.